The van der Waals surface area contributed by atoms with Gasteiger partial charge < -0.3 is 10.1 Å². The van der Waals surface area contributed by atoms with Gasteiger partial charge in [-0.15, -0.1) is 0 Å². The molecule has 0 unspecified atom stereocenters. The Kier molecular flexibility index (Phi) is 5.16. The average Bonchev–Trinajstić information content (AvgIpc) is 3.03. The number of amides is 1. The van der Waals surface area contributed by atoms with Crippen LogP contribution in [0.5, 0.6) is 5.75 Å². The maximum absolute atomic E-state index is 13.0. The summed E-state index contributed by atoms with van der Waals surface area (Å²) >= 11 is 0. The zero-order valence-corrected chi connectivity index (χ0v) is 16.9. The highest BCUT2D eigenvalue weighted by atomic mass is 16.5. The quantitative estimate of drug-likeness (QED) is 0.507. The van der Waals surface area contributed by atoms with E-state index in [-0.39, 0.29) is 5.91 Å². The van der Waals surface area contributed by atoms with Crippen molar-refractivity contribution in [1.82, 2.24) is 14.8 Å². The van der Waals surface area contributed by atoms with Gasteiger partial charge in [-0.25, -0.2) is 9.67 Å². The van der Waals surface area contributed by atoms with Crippen LogP contribution in [0.2, 0.25) is 0 Å². The maximum Gasteiger partial charge on any atom is 0.260 e. The number of carbonyl (C=O) groups excluding carboxylic acids is 1. The van der Waals surface area contributed by atoms with E-state index in [1.54, 1.807) is 12.1 Å². The minimum Gasteiger partial charge on any atom is -0.493 e. The van der Waals surface area contributed by atoms with E-state index in [2.05, 4.69) is 36.4 Å². The van der Waals surface area contributed by atoms with Gasteiger partial charge >= 0.3 is 0 Å². The summed E-state index contributed by atoms with van der Waals surface area (Å²) in [6.07, 6.45) is 0.922. The first-order valence-corrected chi connectivity index (χ1v) is 9.91. The number of rotatable bonds is 6. The average molecular weight is 388 g/mol. The van der Waals surface area contributed by atoms with Gasteiger partial charge in [-0.3, -0.25) is 4.79 Å². The van der Waals surface area contributed by atoms with Gasteiger partial charge in [0.25, 0.3) is 5.91 Å². The summed E-state index contributed by atoms with van der Waals surface area (Å²) in [7, 11) is 0. The summed E-state index contributed by atoms with van der Waals surface area (Å²) in [6, 6.07) is 15.4. The number of anilines is 1. The summed E-state index contributed by atoms with van der Waals surface area (Å²) < 4.78 is 7.46. The van der Waals surface area contributed by atoms with E-state index in [0.29, 0.717) is 23.7 Å². The predicted molar refractivity (Wildman–Crippen MR) is 116 cm³/mol. The van der Waals surface area contributed by atoms with Crippen LogP contribution in [-0.2, 0) is 6.54 Å². The molecule has 0 aliphatic rings. The Bertz CT molecular complexity index is 1200. The number of hydrogen-bond acceptors (Lipinski definition) is 4. The van der Waals surface area contributed by atoms with Gasteiger partial charge in [-0.2, -0.15) is 5.10 Å². The van der Waals surface area contributed by atoms with Gasteiger partial charge in [0, 0.05) is 11.9 Å². The lowest BCUT2D eigenvalue weighted by Crippen LogP contribution is -2.14. The normalized spacial score (nSPS) is 11.1. The molecule has 6 nitrogen and oxygen atoms in total. The minimum absolute atomic E-state index is 0.249. The number of pyridine rings is 1. The third-order valence-corrected chi connectivity index (χ3v) is 4.77. The molecule has 0 spiro atoms. The number of ether oxygens (including phenoxy) is 1. The lowest BCUT2D eigenvalue weighted by Gasteiger charge is -2.09. The van der Waals surface area contributed by atoms with E-state index < -0.39 is 0 Å². The Labute approximate surface area is 169 Å². The largest absolute Gasteiger partial charge is 0.493 e. The van der Waals surface area contributed by atoms with Crippen LogP contribution < -0.4 is 10.1 Å². The molecular formula is C23H24N4O2. The van der Waals surface area contributed by atoms with Gasteiger partial charge in [0.2, 0.25) is 0 Å². The molecule has 29 heavy (non-hydrogen) atoms. The summed E-state index contributed by atoms with van der Waals surface area (Å²) in [5.74, 6) is 0.825. The van der Waals surface area contributed by atoms with Gasteiger partial charge in [0.15, 0.2) is 11.5 Å². The summed E-state index contributed by atoms with van der Waals surface area (Å²) in [6.45, 7) is 7.26. The SMILES string of the molecule is CCCn1nc(NC(=O)c2ccccc2OCC)c2cc3cc(C)ccc3nc21. The molecule has 0 atom stereocenters. The molecule has 2 aromatic heterocycles. The van der Waals surface area contributed by atoms with Crippen molar-refractivity contribution in [3.63, 3.8) is 0 Å². The molecule has 0 fully saturated rings. The molecule has 1 N–H and O–H groups in total. The van der Waals surface area contributed by atoms with Crippen LogP contribution in [0.15, 0.2) is 48.5 Å². The maximum atomic E-state index is 13.0. The molecule has 2 aromatic carbocycles. The number of nitrogens with one attached hydrogen (secondary N) is 1. The molecule has 0 aliphatic carbocycles. The highest BCUT2D eigenvalue weighted by Crippen LogP contribution is 2.28. The molecule has 2 heterocycles. The number of para-hydroxylation sites is 1. The minimum atomic E-state index is -0.249. The van der Waals surface area contributed by atoms with E-state index in [1.165, 1.54) is 0 Å². The van der Waals surface area contributed by atoms with Crippen LogP contribution in [0.3, 0.4) is 0 Å². The van der Waals surface area contributed by atoms with Crippen molar-refractivity contribution < 1.29 is 9.53 Å². The van der Waals surface area contributed by atoms with Crippen molar-refractivity contribution in [3.8, 4) is 5.75 Å². The molecule has 6 heteroatoms. The number of aromatic nitrogens is 3. The molecule has 0 saturated heterocycles. The molecule has 0 bridgehead atoms. The van der Waals surface area contributed by atoms with Crippen LogP contribution in [0.1, 0.15) is 36.2 Å². The van der Waals surface area contributed by atoms with Crippen molar-refractivity contribution in [2.24, 2.45) is 0 Å². The highest BCUT2D eigenvalue weighted by molar-refractivity contribution is 6.10. The first kappa shape index (κ1) is 18.9. The fraction of sp³-hybridized carbons (Fsp3) is 0.261. The van der Waals surface area contributed by atoms with E-state index in [9.17, 15) is 4.79 Å². The fourth-order valence-corrected chi connectivity index (χ4v) is 3.45. The Morgan fingerprint density at radius 2 is 1.97 bits per heavy atom. The van der Waals surface area contributed by atoms with Crippen molar-refractivity contribution in [3.05, 3.63) is 59.7 Å². The summed E-state index contributed by atoms with van der Waals surface area (Å²) in [5.41, 5.74) is 3.34. The van der Waals surface area contributed by atoms with E-state index >= 15 is 0 Å². The fourth-order valence-electron chi connectivity index (χ4n) is 3.45. The highest BCUT2D eigenvalue weighted by Gasteiger charge is 2.18. The monoisotopic (exact) mass is 388 g/mol. The third kappa shape index (κ3) is 3.66. The molecule has 1 amide bonds. The predicted octanol–water partition coefficient (Wildman–Crippen LogP) is 4.95. The van der Waals surface area contributed by atoms with Crippen LogP contribution in [0.25, 0.3) is 21.9 Å². The van der Waals surface area contributed by atoms with Crippen molar-refractivity contribution in [2.45, 2.75) is 33.7 Å². The van der Waals surface area contributed by atoms with E-state index in [1.807, 2.05) is 35.9 Å². The first-order valence-electron chi connectivity index (χ1n) is 9.91. The van der Waals surface area contributed by atoms with Gasteiger partial charge in [-0.1, -0.05) is 30.7 Å². The zero-order valence-electron chi connectivity index (χ0n) is 16.9. The van der Waals surface area contributed by atoms with Crippen LogP contribution in [-0.4, -0.2) is 27.3 Å². The zero-order chi connectivity index (χ0) is 20.4. The number of nitrogens with zero attached hydrogens (tertiary/aromatic N) is 3. The Balaban J connectivity index is 1.79. The summed E-state index contributed by atoms with van der Waals surface area (Å²) in [5, 5.41) is 9.47. The van der Waals surface area contributed by atoms with E-state index in [4.69, 9.17) is 9.72 Å². The number of hydrogen-bond donors (Lipinski definition) is 1. The third-order valence-electron chi connectivity index (χ3n) is 4.77. The first-order chi connectivity index (χ1) is 14.1. The molecule has 4 aromatic rings. The Morgan fingerprint density at radius 3 is 2.76 bits per heavy atom. The van der Waals surface area contributed by atoms with Crippen molar-refractivity contribution in [2.75, 3.05) is 11.9 Å². The lowest BCUT2D eigenvalue weighted by atomic mass is 10.1. The second-order valence-corrected chi connectivity index (χ2v) is 7.01. The number of aryl methyl sites for hydroxylation is 2. The Hall–Kier alpha value is -3.41. The standard InChI is InChI=1S/C23H24N4O2/c1-4-12-27-22-18(14-16-13-15(3)10-11-19(16)24-22)21(26-27)25-23(28)17-8-6-7-9-20(17)29-5-2/h6-11,13-14H,4-5,12H2,1-3H3,(H,25,26,28). The number of benzene rings is 2. The second kappa shape index (κ2) is 7.91. The summed E-state index contributed by atoms with van der Waals surface area (Å²) in [4.78, 5) is 17.8. The van der Waals surface area contributed by atoms with Gasteiger partial charge in [0.1, 0.15) is 5.75 Å². The van der Waals surface area contributed by atoms with Crippen molar-refractivity contribution in [1.29, 1.82) is 0 Å². The lowest BCUT2D eigenvalue weighted by molar-refractivity contribution is 0.102. The van der Waals surface area contributed by atoms with E-state index in [0.717, 1.165) is 40.5 Å². The molecule has 0 radical (unpaired) electrons. The van der Waals surface area contributed by atoms with Crippen LogP contribution in [0.4, 0.5) is 5.82 Å². The van der Waals surface area contributed by atoms with Crippen LogP contribution in [0, 0.1) is 6.92 Å². The second-order valence-electron chi connectivity index (χ2n) is 7.01. The molecular weight excluding hydrogens is 364 g/mol. The van der Waals surface area contributed by atoms with Gasteiger partial charge in [0.05, 0.1) is 23.1 Å². The number of fused-ring (bicyclic) bond motifs is 2. The molecule has 148 valence electrons. The topological polar surface area (TPSA) is 69.0 Å². The molecule has 0 aliphatic heterocycles. The molecule has 0 saturated carbocycles. The Morgan fingerprint density at radius 1 is 1.14 bits per heavy atom. The van der Waals surface area contributed by atoms with Crippen molar-refractivity contribution >= 4 is 33.7 Å². The molecule has 4 rings (SSSR count). The van der Waals surface area contributed by atoms with Gasteiger partial charge in [-0.05, 0) is 50.6 Å². The number of carbonyl (C=O) groups is 1. The smallest absolute Gasteiger partial charge is 0.260 e. The van der Waals surface area contributed by atoms with Crippen LogP contribution >= 0.6 is 0 Å².